The maximum atomic E-state index is 12.9. The zero-order chi connectivity index (χ0) is 14.9. The average Bonchev–Trinajstić information content (AvgIpc) is 2.83. The molecule has 1 unspecified atom stereocenters. The summed E-state index contributed by atoms with van der Waals surface area (Å²) < 4.78 is 18.0. The van der Waals surface area contributed by atoms with Crippen molar-refractivity contribution >= 4 is 5.91 Å². The molecule has 6 heteroatoms. The standard InChI is InChI=1S/C14H15FN2O3/c1-8(18)11-12(9-4-6-10(15)7-5-9)16-20-13(11)14(19)17(2)3/h4-8,18H,1-3H3. The molecule has 1 amide bonds. The molecule has 5 nitrogen and oxygen atoms in total. The van der Waals surface area contributed by atoms with Crippen molar-refractivity contribution in [3.63, 3.8) is 0 Å². The van der Waals surface area contributed by atoms with Gasteiger partial charge in [0.1, 0.15) is 11.5 Å². The first-order valence-electron chi connectivity index (χ1n) is 6.07. The van der Waals surface area contributed by atoms with Gasteiger partial charge in [-0.1, -0.05) is 5.16 Å². The molecule has 0 aliphatic heterocycles. The second-order valence-corrected chi connectivity index (χ2v) is 4.66. The number of rotatable bonds is 3. The van der Waals surface area contributed by atoms with E-state index in [1.807, 2.05) is 0 Å². The van der Waals surface area contributed by atoms with Gasteiger partial charge in [-0.25, -0.2) is 4.39 Å². The van der Waals surface area contributed by atoms with Crippen LogP contribution in [0.3, 0.4) is 0 Å². The van der Waals surface area contributed by atoms with Gasteiger partial charge in [0.05, 0.1) is 11.7 Å². The smallest absolute Gasteiger partial charge is 0.292 e. The number of carbonyl (C=O) groups is 1. The van der Waals surface area contributed by atoms with Gasteiger partial charge < -0.3 is 14.5 Å². The molecule has 106 valence electrons. The minimum Gasteiger partial charge on any atom is -0.388 e. The number of aliphatic hydroxyl groups excluding tert-OH is 1. The topological polar surface area (TPSA) is 66.6 Å². The van der Waals surface area contributed by atoms with Gasteiger partial charge in [-0.3, -0.25) is 4.79 Å². The van der Waals surface area contributed by atoms with E-state index < -0.39 is 6.10 Å². The summed E-state index contributed by atoms with van der Waals surface area (Å²) >= 11 is 0. The van der Waals surface area contributed by atoms with Crippen molar-refractivity contribution in [2.75, 3.05) is 14.1 Å². The minimum atomic E-state index is -0.930. The molecular weight excluding hydrogens is 263 g/mol. The fourth-order valence-corrected chi connectivity index (χ4v) is 1.86. The molecular formula is C14H15FN2O3. The van der Waals surface area contributed by atoms with Crippen molar-refractivity contribution in [1.82, 2.24) is 10.1 Å². The number of nitrogens with zero attached hydrogens (tertiary/aromatic N) is 2. The summed E-state index contributed by atoms with van der Waals surface area (Å²) in [6.07, 6.45) is -0.930. The van der Waals surface area contributed by atoms with E-state index in [2.05, 4.69) is 5.16 Å². The highest BCUT2D eigenvalue weighted by Gasteiger charge is 2.27. The molecule has 0 saturated carbocycles. The third kappa shape index (κ3) is 2.55. The lowest BCUT2D eigenvalue weighted by molar-refractivity contribution is 0.0778. The zero-order valence-electron chi connectivity index (χ0n) is 11.4. The van der Waals surface area contributed by atoms with Gasteiger partial charge in [-0.15, -0.1) is 0 Å². The molecule has 0 fully saturated rings. The van der Waals surface area contributed by atoms with Gasteiger partial charge in [-0.05, 0) is 31.2 Å². The van der Waals surface area contributed by atoms with E-state index in [-0.39, 0.29) is 17.5 Å². The first-order chi connectivity index (χ1) is 9.41. The molecule has 1 atom stereocenters. The number of aliphatic hydroxyl groups is 1. The summed E-state index contributed by atoms with van der Waals surface area (Å²) in [4.78, 5) is 13.3. The first kappa shape index (κ1) is 14.2. The van der Waals surface area contributed by atoms with Crippen molar-refractivity contribution in [2.45, 2.75) is 13.0 Å². The van der Waals surface area contributed by atoms with E-state index in [0.29, 0.717) is 16.8 Å². The largest absolute Gasteiger partial charge is 0.388 e. The van der Waals surface area contributed by atoms with E-state index >= 15 is 0 Å². The number of amides is 1. The minimum absolute atomic E-state index is 0.00988. The quantitative estimate of drug-likeness (QED) is 0.935. The van der Waals surface area contributed by atoms with Crippen LogP contribution in [0.1, 0.15) is 29.1 Å². The molecule has 0 spiro atoms. The van der Waals surface area contributed by atoms with Crippen LogP contribution in [0.4, 0.5) is 4.39 Å². The normalized spacial score (nSPS) is 12.2. The van der Waals surface area contributed by atoms with E-state index in [9.17, 15) is 14.3 Å². The highest BCUT2D eigenvalue weighted by molar-refractivity contribution is 5.94. The number of carbonyl (C=O) groups excluding carboxylic acids is 1. The van der Waals surface area contributed by atoms with Crippen molar-refractivity contribution < 1.29 is 18.8 Å². The Kier molecular flexibility index (Phi) is 3.85. The van der Waals surface area contributed by atoms with E-state index in [4.69, 9.17) is 4.52 Å². The van der Waals surface area contributed by atoms with E-state index in [1.54, 1.807) is 14.1 Å². The number of aromatic nitrogens is 1. The van der Waals surface area contributed by atoms with E-state index in [0.717, 1.165) is 0 Å². The van der Waals surface area contributed by atoms with Crippen LogP contribution in [0, 0.1) is 5.82 Å². The third-order valence-electron chi connectivity index (χ3n) is 2.86. The Labute approximate surface area is 115 Å². The van der Waals surface area contributed by atoms with Crippen molar-refractivity contribution in [3.05, 3.63) is 41.4 Å². The Morgan fingerprint density at radius 2 is 1.95 bits per heavy atom. The molecule has 0 aliphatic rings. The SMILES string of the molecule is CC(O)c1c(-c2ccc(F)cc2)noc1C(=O)N(C)C. The molecule has 0 saturated heterocycles. The highest BCUT2D eigenvalue weighted by Crippen LogP contribution is 2.31. The molecule has 0 radical (unpaired) electrons. The van der Waals surface area contributed by atoms with Crippen LogP contribution < -0.4 is 0 Å². The summed E-state index contributed by atoms with van der Waals surface area (Å²) in [5.74, 6) is -0.772. The van der Waals surface area contributed by atoms with Gasteiger partial charge >= 0.3 is 0 Å². The lowest BCUT2D eigenvalue weighted by Crippen LogP contribution is -2.22. The molecule has 20 heavy (non-hydrogen) atoms. The molecule has 2 rings (SSSR count). The van der Waals surface area contributed by atoms with Crippen LogP contribution in [-0.2, 0) is 0 Å². The van der Waals surface area contributed by atoms with Crippen LogP contribution in [0.15, 0.2) is 28.8 Å². The van der Waals surface area contributed by atoms with Gasteiger partial charge in [0.2, 0.25) is 5.76 Å². The summed E-state index contributed by atoms with van der Waals surface area (Å²) in [5.41, 5.74) is 1.21. The predicted octanol–water partition coefficient (Wildman–Crippen LogP) is 2.24. The molecule has 0 bridgehead atoms. The Balaban J connectivity index is 2.55. The monoisotopic (exact) mass is 278 g/mol. The Morgan fingerprint density at radius 1 is 1.35 bits per heavy atom. The van der Waals surface area contributed by atoms with Gasteiger partial charge in [0.15, 0.2) is 0 Å². The second kappa shape index (κ2) is 5.42. The van der Waals surface area contributed by atoms with Crippen LogP contribution in [0.25, 0.3) is 11.3 Å². The van der Waals surface area contributed by atoms with Gasteiger partial charge in [-0.2, -0.15) is 0 Å². The Hall–Kier alpha value is -2.21. The van der Waals surface area contributed by atoms with Gasteiger partial charge in [0.25, 0.3) is 5.91 Å². The van der Waals surface area contributed by atoms with Gasteiger partial charge in [0, 0.05) is 19.7 Å². The average molecular weight is 278 g/mol. The maximum Gasteiger partial charge on any atom is 0.292 e. The van der Waals surface area contributed by atoms with Crippen molar-refractivity contribution in [1.29, 1.82) is 0 Å². The van der Waals surface area contributed by atoms with Crippen molar-refractivity contribution in [3.8, 4) is 11.3 Å². The fourth-order valence-electron chi connectivity index (χ4n) is 1.86. The predicted molar refractivity (Wildman–Crippen MR) is 70.5 cm³/mol. The fraction of sp³-hybridized carbons (Fsp3) is 0.286. The summed E-state index contributed by atoms with van der Waals surface area (Å²) in [5, 5.41) is 13.7. The molecule has 1 heterocycles. The van der Waals surface area contributed by atoms with Crippen LogP contribution in [-0.4, -0.2) is 35.2 Å². The Bertz CT molecular complexity index is 618. The molecule has 0 aliphatic carbocycles. The maximum absolute atomic E-state index is 12.9. The molecule has 1 aromatic heterocycles. The van der Waals surface area contributed by atoms with Crippen LogP contribution in [0.5, 0.6) is 0 Å². The highest BCUT2D eigenvalue weighted by atomic mass is 19.1. The summed E-state index contributed by atoms with van der Waals surface area (Å²) in [6, 6.07) is 5.60. The van der Waals surface area contributed by atoms with E-state index in [1.165, 1.54) is 36.1 Å². The Morgan fingerprint density at radius 3 is 2.45 bits per heavy atom. The number of benzene rings is 1. The van der Waals surface area contributed by atoms with Crippen LogP contribution in [0.2, 0.25) is 0 Å². The lowest BCUT2D eigenvalue weighted by Gasteiger charge is -2.10. The molecule has 1 N–H and O–H groups in total. The second-order valence-electron chi connectivity index (χ2n) is 4.66. The number of hydrogen-bond acceptors (Lipinski definition) is 4. The first-order valence-corrected chi connectivity index (χ1v) is 6.07. The number of hydrogen-bond donors (Lipinski definition) is 1. The number of halogens is 1. The summed E-state index contributed by atoms with van der Waals surface area (Å²) in [6.45, 7) is 1.52. The molecule has 2 aromatic rings. The molecule has 1 aromatic carbocycles. The lowest BCUT2D eigenvalue weighted by atomic mass is 10.0. The summed E-state index contributed by atoms with van der Waals surface area (Å²) in [7, 11) is 3.16. The van der Waals surface area contributed by atoms with Crippen molar-refractivity contribution in [2.24, 2.45) is 0 Å². The van der Waals surface area contributed by atoms with Crippen LogP contribution >= 0.6 is 0 Å². The zero-order valence-corrected chi connectivity index (χ0v) is 11.4. The third-order valence-corrected chi connectivity index (χ3v) is 2.86.